The van der Waals surface area contributed by atoms with Gasteiger partial charge in [-0.25, -0.2) is 0 Å². The zero-order valence-electron chi connectivity index (χ0n) is 13.2. The normalized spacial score (nSPS) is 18.8. The molecule has 0 bridgehead atoms. The van der Waals surface area contributed by atoms with Crippen LogP contribution in [0.1, 0.15) is 51.1 Å². The molecule has 1 aliphatic rings. The van der Waals surface area contributed by atoms with Crippen molar-refractivity contribution in [3.05, 3.63) is 23.8 Å². The Morgan fingerprint density at radius 2 is 1.90 bits per heavy atom. The van der Waals surface area contributed by atoms with Crippen LogP contribution in [0.2, 0.25) is 0 Å². The number of hydrogen-bond donors (Lipinski definition) is 1. The molecule has 112 valence electrons. The summed E-state index contributed by atoms with van der Waals surface area (Å²) in [7, 11) is 3.42. The Kier molecular flexibility index (Phi) is 4.92. The molecule has 1 aromatic rings. The number of benzene rings is 1. The molecule has 3 heteroatoms. The van der Waals surface area contributed by atoms with Crippen LogP contribution in [0.3, 0.4) is 0 Å². The van der Waals surface area contributed by atoms with Crippen LogP contribution in [0.25, 0.3) is 0 Å². The van der Waals surface area contributed by atoms with Crippen molar-refractivity contribution in [3.8, 4) is 11.5 Å². The first kappa shape index (κ1) is 15.2. The highest BCUT2D eigenvalue weighted by molar-refractivity contribution is 5.42. The molecule has 1 aliphatic carbocycles. The van der Waals surface area contributed by atoms with E-state index in [9.17, 15) is 0 Å². The molecule has 0 amide bonds. The summed E-state index contributed by atoms with van der Waals surface area (Å²) < 4.78 is 10.8. The average molecular weight is 277 g/mol. The fourth-order valence-corrected chi connectivity index (χ4v) is 3.09. The fourth-order valence-electron chi connectivity index (χ4n) is 3.09. The standard InChI is InChI=1S/C17H27NO2/c1-13(18-12-17(2)9-5-6-10-17)15-11-14(19-3)7-8-16(15)20-4/h7-8,11,13,18H,5-6,9-10,12H2,1-4H3. The van der Waals surface area contributed by atoms with Gasteiger partial charge in [0.05, 0.1) is 14.2 Å². The molecule has 2 rings (SSSR count). The van der Waals surface area contributed by atoms with Gasteiger partial charge in [0.2, 0.25) is 0 Å². The summed E-state index contributed by atoms with van der Waals surface area (Å²) >= 11 is 0. The first-order chi connectivity index (χ1) is 9.58. The fraction of sp³-hybridized carbons (Fsp3) is 0.647. The molecule has 20 heavy (non-hydrogen) atoms. The minimum absolute atomic E-state index is 0.262. The third kappa shape index (κ3) is 3.45. The Bertz CT molecular complexity index is 439. The molecule has 1 fully saturated rings. The van der Waals surface area contributed by atoms with Crippen molar-refractivity contribution < 1.29 is 9.47 Å². The minimum Gasteiger partial charge on any atom is -0.497 e. The number of nitrogens with one attached hydrogen (secondary N) is 1. The number of rotatable bonds is 6. The summed E-state index contributed by atoms with van der Waals surface area (Å²) in [5.41, 5.74) is 1.62. The largest absolute Gasteiger partial charge is 0.497 e. The third-order valence-electron chi connectivity index (χ3n) is 4.55. The third-order valence-corrected chi connectivity index (χ3v) is 4.55. The van der Waals surface area contributed by atoms with Crippen LogP contribution in [-0.2, 0) is 0 Å². The van der Waals surface area contributed by atoms with Crippen LogP contribution in [0.15, 0.2) is 18.2 Å². The van der Waals surface area contributed by atoms with E-state index < -0.39 is 0 Å². The van der Waals surface area contributed by atoms with Gasteiger partial charge in [-0.3, -0.25) is 0 Å². The Morgan fingerprint density at radius 1 is 1.20 bits per heavy atom. The van der Waals surface area contributed by atoms with Gasteiger partial charge in [-0.2, -0.15) is 0 Å². The zero-order valence-corrected chi connectivity index (χ0v) is 13.2. The lowest BCUT2D eigenvalue weighted by molar-refractivity contribution is 0.299. The van der Waals surface area contributed by atoms with Gasteiger partial charge in [-0.1, -0.05) is 19.8 Å². The van der Waals surface area contributed by atoms with E-state index in [-0.39, 0.29) is 6.04 Å². The summed E-state index contributed by atoms with van der Waals surface area (Å²) in [5.74, 6) is 1.80. The second-order valence-corrected chi connectivity index (χ2v) is 6.23. The molecule has 1 atom stereocenters. The molecule has 0 heterocycles. The molecule has 1 aromatic carbocycles. The van der Waals surface area contributed by atoms with Crippen LogP contribution in [0.5, 0.6) is 11.5 Å². The van der Waals surface area contributed by atoms with Crippen LogP contribution in [0.4, 0.5) is 0 Å². The van der Waals surface area contributed by atoms with Gasteiger partial charge < -0.3 is 14.8 Å². The number of methoxy groups -OCH3 is 2. The molecular weight excluding hydrogens is 250 g/mol. The van der Waals surface area contributed by atoms with Crippen LogP contribution < -0.4 is 14.8 Å². The maximum Gasteiger partial charge on any atom is 0.123 e. The first-order valence-electron chi connectivity index (χ1n) is 7.53. The lowest BCUT2D eigenvalue weighted by Gasteiger charge is -2.27. The first-order valence-corrected chi connectivity index (χ1v) is 7.53. The van der Waals surface area contributed by atoms with Gasteiger partial charge >= 0.3 is 0 Å². The highest BCUT2D eigenvalue weighted by Crippen LogP contribution is 2.37. The van der Waals surface area contributed by atoms with Crippen LogP contribution >= 0.6 is 0 Å². The van der Waals surface area contributed by atoms with Gasteiger partial charge in [0.25, 0.3) is 0 Å². The average Bonchev–Trinajstić information content (AvgIpc) is 2.91. The van der Waals surface area contributed by atoms with E-state index in [2.05, 4.69) is 25.2 Å². The van der Waals surface area contributed by atoms with Crippen molar-refractivity contribution in [3.63, 3.8) is 0 Å². The van der Waals surface area contributed by atoms with Gasteiger partial charge in [-0.15, -0.1) is 0 Å². The summed E-state index contributed by atoms with van der Waals surface area (Å²) in [6.07, 6.45) is 5.41. The van der Waals surface area contributed by atoms with Crippen molar-refractivity contribution in [1.29, 1.82) is 0 Å². The van der Waals surface area contributed by atoms with E-state index in [0.717, 1.165) is 23.6 Å². The van der Waals surface area contributed by atoms with Crippen molar-refractivity contribution in [2.75, 3.05) is 20.8 Å². The monoisotopic (exact) mass is 277 g/mol. The maximum atomic E-state index is 5.47. The van der Waals surface area contributed by atoms with Gasteiger partial charge in [0, 0.05) is 18.2 Å². The second-order valence-electron chi connectivity index (χ2n) is 6.23. The van der Waals surface area contributed by atoms with Gasteiger partial charge in [-0.05, 0) is 43.4 Å². The quantitative estimate of drug-likeness (QED) is 0.854. The summed E-state index contributed by atoms with van der Waals surface area (Å²) in [6.45, 7) is 5.65. The topological polar surface area (TPSA) is 30.5 Å². The van der Waals surface area contributed by atoms with E-state index in [1.165, 1.54) is 25.7 Å². The summed E-state index contributed by atoms with van der Waals surface area (Å²) in [4.78, 5) is 0. The molecule has 1 saturated carbocycles. The Morgan fingerprint density at radius 3 is 2.50 bits per heavy atom. The second kappa shape index (κ2) is 6.49. The van der Waals surface area contributed by atoms with Crippen molar-refractivity contribution in [2.45, 2.75) is 45.6 Å². The lowest BCUT2D eigenvalue weighted by Crippen LogP contribution is -2.31. The van der Waals surface area contributed by atoms with E-state index in [1.54, 1.807) is 14.2 Å². The number of hydrogen-bond acceptors (Lipinski definition) is 3. The molecule has 0 aliphatic heterocycles. The predicted octanol–water partition coefficient (Wildman–Crippen LogP) is 3.93. The van der Waals surface area contributed by atoms with Gasteiger partial charge in [0.15, 0.2) is 0 Å². The van der Waals surface area contributed by atoms with Crippen LogP contribution in [0, 0.1) is 5.41 Å². The molecule has 3 nitrogen and oxygen atoms in total. The van der Waals surface area contributed by atoms with Gasteiger partial charge in [0.1, 0.15) is 11.5 Å². The Balaban J connectivity index is 2.05. The molecule has 0 aromatic heterocycles. The molecule has 1 unspecified atom stereocenters. The van der Waals surface area contributed by atoms with E-state index in [4.69, 9.17) is 9.47 Å². The summed E-state index contributed by atoms with van der Waals surface area (Å²) in [5, 5.41) is 3.67. The van der Waals surface area contributed by atoms with Crippen molar-refractivity contribution in [2.24, 2.45) is 5.41 Å². The minimum atomic E-state index is 0.262. The highest BCUT2D eigenvalue weighted by Gasteiger charge is 2.29. The SMILES string of the molecule is COc1ccc(OC)c(C(C)NCC2(C)CCCC2)c1. The maximum absolute atomic E-state index is 5.47. The Labute approximate surface area is 122 Å². The highest BCUT2D eigenvalue weighted by atomic mass is 16.5. The lowest BCUT2D eigenvalue weighted by atomic mass is 9.88. The smallest absolute Gasteiger partial charge is 0.123 e. The molecule has 0 radical (unpaired) electrons. The summed E-state index contributed by atoms with van der Waals surface area (Å²) in [6, 6.07) is 6.24. The van der Waals surface area contributed by atoms with E-state index in [1.807, 2.05) is 12.1 Å². The molecule has 1 N–H and O–H groups in total. The zero-order chi connectivity index (χ0) is 14.6. The molecule has 0 spiro atoms. The van der Waals surface area contributed by atoms with Crippen molar-refractivity contribution >= 4 is 0 Å². The molecule has 0 saturated heterocycles. The van der Waals surface area contributed by atoms with Crippen molar-refractivity contribution in [1.82, 2.24) is 5.32 Å². The predicted molar refractivity (Wildman–Crippen MR) is 82.5 cm³/mol. The Hall–Kier alpha value is -1.22. The van der Waals surface area contributed by atoms with E-state index >= 15 is 0 Å². The van der Waals surface area contributed by atoms with E-state index in [0.29, 0.717) is 5.41 Å². The molecular formula is C17H27NO2. The number of ether oxygens (including phenoxy) is 2. The van der Waals surface area contributed by atoms with Crippen LogP contribution in [-0.4, -0.2) is 20.8 Å².